The molecule has 1 aliphatic rings. The molecule has 2 N–H and O–H groups in total. The van der Waals surface area contributed by atoms with Crippen LogP contribution in [0.1, 0.15) is 36.6 Å². The lowest BCUT2D eigenvalue weighted by Crippen LogP contribution is -2.19. The predicted molar refractivity (Wildman–Crippen MR) is 95.5 cm³/mol. The van der Waals surface area contributed by atoms with E-state index in [1.165, 1.54) is 0 Å². The lowest BCUT2D eigenvalue weighted by Gasteiger charge is -2.19. The molecule has 1 aromatic heterocycles. The molecule has 7 heteroatoms. The number of benzene rings is 1. The Kier molecular flexibility index (Phi) is 5.02. The van der Waals surface area contributed by atoms with Crippen LogP contribution in [0.3, 0.4) is 0 Å². The molecule has 1 atom stereocenters. The van der Waals surface area contributed by atoms with E-state index in [0.29, 0.717) is 47.7 Å². The summed E-state index contributed by atoms with van der Waals surface area (Å²) in [7, 11) is 0. The van der Waals surface area contributed by atoms with E-state index in [9.17, 15) is 4.79 Å². The molecule has 7 nitrogen and oxygen atoms in total. The molecule has 0 bridgehead atoms. The van der Waals surface area contributed by atoms with Gasteiger partial charge in [0.1, 0.15) is 30.5 Å². The highest BCUT2D eigenvalue weighted by atomic mass is 16.6. The first kappa shape index (κ1) is 17.0. The van der Waals surface area contributed by atoms with Crippen LogP contribution >= 0.6 is 0 Å². The molecule has 0 saturated heterocycles. The van der Waals surface area contributed by atoms with Crippen molar-refractivity contribution in [1.82, 2.24) is 9.97 Å². The third-order valence-corrected chi connectivity index (χ3v) is 3.88. The van der Waals surface area contributed by atoms with Crippen molar-refractivity contribution in [1.29, 1.82) is 0 Å². The summed E-state index contributed by atoms with van der Waals surface area (Å²) in [5.74, 6) is 2.20. The lowest BCUT2D eigenvalue weighted by atomic mass is 10.2. The van der Waals surface area contributed by atoms with Crippen LogP contribution in [0.4, 0.5) is 11.5 Å². The molecule has 25 heavy (non-hydrogen) atoms. The molecule has 1 unspecified atom stereocenters. The first-order valence-corrected chi connectivity index (χ1v) is 8.38. The molecule has 1 aromatic carbocycles. The van der Waals surface area contributed by atoms with E-state index >= 15 is 0 Å². The molecule has 0 spiro atoms. The van der Waals surface area contributed by atoms with Gasteiger partial charge in [0.15, 0.2) is 11.5 Å². The van der Waals surface area contributed by atoms with Crippen molar-refractivity contribution >= 4 is 17.4 Å². The number of hydrogen-bond acceptors (Lipinski definition) is 6. The zero-order valence-electron chi connectivity index (χ0n) is 14.6. The fraction of sp³-hybridized carbons (Fsp3) is 0.389. The Bertz CT molecular complexity index is 779. The van der Waals surface area contributed by atoms with Crippen LogP contribution in [-0.2, 0) is 0 Å². The maximum atomic E-state index is 12.5. The highest BCUT2D eigenvalue weighted by molar-refractivity contribution is 6.03. The fourth-order valence-electron chi connectivity index (χ4n) is 2.43. The average Bonchev–Trinajstić information content (AvgIpc) is 2.61. The van der Waals surface area contributed by atoms with Crippen molar-refractivity contribution in [3.63, 3.8) is 0 Å². The monoisotopic (exact) mass is 342 g/mol. The molecule has 1 amide bonds. The highest BCUT2D eigenvalue weighted by Crippen LogP contribution is 2.32. The first-order valence-electron chi connectivity index (χ1n) is 8.38. The van der Waals surface area contributed by atoms with Crippen LogP contribution in [0.5, 0.6) is 11.5 Å². The summed E-state index contributed by atoms with van der Waals surface area (Å²) in [5, 5.41) is 6.10. The molecule has 2 heterocycles. The number of aryl methyl sites for hydroxylation is 1. The SMILES string of the molecule is CCC(C)Nc1cc(C(=O)Nc2ccc3c(c2)OCCO3)nc(C)n1. The van der Waals surface area contributed by atoms with E-state index < -0.39 is 0 Å². The normalized spacial score (nSPS) is 13.9. The van der Waals surface area contributed by atoms with Crippen molar-refractivity contribution in [2.24, 2.45) is 0 Å². The van der Waals surface area contributed by atoms with Crippen LogP contribution in [0.15, 0.2) is 24.3 Å². The van der Waals surface area contributed by atoms with Gasteiger partial charge in [-0.05, 0) is 32.4 Å². The number of nitrogens with zero attached hydrogens (tertiary/aromatic N) is 2. The number of anilines is 2. The van der Waals surface area contributed by atoms with Gasteiger partial charge in [0.05, 0.1) is 0 Å². The number of carbonyl (C=O) groups excluding carboxylic acids is 1. The minimum Gasteiger partial charge on any atom is -0.486 e. The van der Waals surface area contributed by atoms with Crippen LogP contribution in [0.25, 0.3) is 0 Å². The van der Waals surface area contributed by atoms with Gasteiger partial charge in [-0.25, -0.2) is 9.97 Å². The van der Waals surface area contributed by atoms with E-state index in [-0.39, 0.29) is 11.9 Å². The number of hydrogen-bond donors (Lipinski definition) is 2. The molecule has 3 rings (SSSR count). The Morgan fingerprint density at radius 2 is 1.96 bits per heavy atom. The topological polar surface area (TPSA) is 85.4 Å². The van der Waals surface area contributed by atoms with E-state index in [0.717, 1.165) is 6.42 Å². The van der Waals surface area contributed by atoms with E-state index in [1.54, 1.807) is 31.2 Å². The number of rotatable bonds is 5. The standard InChI is InChI=1S/C18H22N4O3/c1-4-11(2)19-17-10-14(20-12(3)21-17)18(23)22-13-5-6-15-16(9-13)25-8-7-24-15/h5-6,9-11H,4,7-8H2,1-3H3,(H,22,23)(H,19,20,21). The lowest BCUT2D eigenvalue weighted by molar-refractivity contribution is 0.102. The van der Waals surface area contributed by atoms with Gasteiger partial charge in [-0.1, -0.05) is 6.92 Å². The van der Waals surface area contributed by atoms with Crippen molar-refractivity contribution in [3.05, 3.63) is 35.8 Å². The van der Waals surface area contributed by atoms with Gasteiger partial charge in [-0.2, -0.15) is 0 Å². The Morgan fingerprint density at radius 1 is 1.20 bits per heavy atom. The molecule has 132 valence electrons. The Labute approximate surface area is 146 Å². The van der Waals surface area contributed by atoms with Gasteiger partial charge >= 0.3 is 0 Å². The molecule has 0 fully saturated rings. The third kappa shape index (κ3) is 4.17. The van der Waals surface area contributed by atoms with Gasteiger partial charge in [-0.15, -0.1) is 0 Å². The minimum atomic E-state index is -0.297. The summed E-state index contributed by atoms with van der Waals surface area (Å²) in [6, 6.07) is 7.23. The smallest absolute Gasteiger partial charge is 0.274 e. The number of nitrogens with one attached hydrogen (secondary N) is 2. The van der Waals surface area contributed by atoms with Crippen molar-refractivity contribution in [2.45, 2.75) is 33.2 Å². The summed E-state index contributed by atoms with van der Waals surface area (Å²) in [6.07, 6.45) is 0.960. The molecule has 0 radical (unpaired) electrons. The third-order valence-electron chi connectivity index (χ3n) is 3.88. The molecule has 1 aliphatic heterocycles. The van der Waals surface area contributed by atoms with Gasteiger partial charge in [0, 0.05) is 23.9 Å². The quantitative estimate of drug-likeness (QED) is 0.869. The van der Waals surface area contributed by atoms with Crippen molar-refractivity contribution in [3.8, 4) is 11.5 Å². The minimum absolute atomic E-state index is 0.267. The Balaban J connectivity index is 1.76. The van der Waals surface area contributed by atoms with Crippen LogP contribution < -0.4 is 20.1 Å². The van der Waals surface area contributed by atoms with Crippen molar-refractivity contribution in [2.75, 3.05) is 23.8 Å². The molecular weight excluding hydrogens is 320 g/mol. The largest absolute Gasteiger partial charge is 0.486 e. The zero-order chi connectivity index (χ0) is 17.8. The second kappa shape index (κ2) is 7.38. The second-order valence-corrected chi connectivity index (χ2v) is 5.95. The average molecular weight is 342 g/mol. The van der Waals surface area contributed by atoms with E-state index in [1.807, 2.05) is 0 Å². The van der Waals surface area contributed by atoms with Crippen LogP contribution in [0.2, 0.25) is 0 Å². The maximum absolute atomic E-state index is 12.5. The molecule has 0 aliphatic carbocycles. The number of fused-ring (bicyclic) bond motifs is 1. The summed E-state index contributed by atoms with van der Waals surface area (Å²) in [5.41, 5.74) is 0.940. The second-order valence-electron chi connectivity index (χ2n) is 5.95. The fourth-order valence-corrected chi connectivity index (χ4v) is 2.43. The summed E-state index contributed by atoms with van der Waals surface area (Å²) in [6.45, 7) is 6.95. The van der Waals surface area contributed by atoms with Gasteiger partial charge in [0.2, 0.25) is 0 Å². The number of ether oxygens (including phenoxy) is 2. The van der Waals surface area contributed by atoms with Gasteiger partial charge in [-0.3, -0.25) is 4.79 Å². The molecule has 2 aromatic rings. The van der Waals surface area contributed by atoms with Crippen molar-refractivity contribution < 1.29 is 14.3 Å². The zero-order valence-corrected chi connectivity index (χ0v) is 14.6. The summed E-state index contributed by atoms with van der Waals surface area (Å²) in [4.78, 5) is 21.1. The Morgan fingerprint density at radius 3 is 2.72 bits per heavy atom. The highest BCUT2D eigenvalue weighted by Gasteiger charge is 2.15. The van der Waals surface area contributed by atoms with Crippen LogP contribution in [-0.4, -0.2) is 35.1 Å². The van der Waals surface area contributed by atoms with Gasteiger partial charge < -0.3 is 20.1 Å². The summed E-state index contributed by atoms with van der Waals surface area (Å²) < 4.78 is 11.0. The van der Waals surface area contributed by atoms with Gasteiger partial charge in [0.25, 0.3) is 5.91 Å². The maximum Gasteiger partial charge on any atom is 0.274 e. The van der Waals surface area contributed by atoms with Crippen LogP contribution in [0, 0.1) is 6.92 Å². The predicted octanol–water partition coefficient (Wildman–Crippen LogP) is 3.02. The van der Waals surface area contributed by atoms with E-state index in [4.69, 9.17) is 9.47 Å². The molecule has 0 saturated carbocycles. The Hall–Kier alpha value is -2.83. The summed E-state index contributed by atoms with van der Waals surface area (Å²) >= 11 is 0. The van der Waals surface area contributed by atoms with E-state index in [2.05, 4.69) is 34.4 Å². The number of amides is 1. The number of carbonyl (C=O) groups is 1. The number of aromatic nitrogens is 2. The molecular formula is C18H22N4O3. The first-order chi connectivity index (χ1) is 12.0.